The molecule has 0 spiro atoms. The summed E-state index contributed by atoms with van der Waals surface area (Å²) >= 11 is 11.5. The maximum atomic E-state index is 13.4. The Balaban J connectivity index is 1.35. The lowest BCUT2D eigenvalue weighted by atomic mass is 10.2. The Labute approximate surface area is 188 Å². The highest BCUT2D eigenvalue weighted by atomic mass is 35.5. The van der Waals surface area contributed by atoms with Crippen molar-refractivity contribution in [3.05, 3.63) is 64.5 Å². The predicted octanol–water partition coefficient (Wildman–Crippen LogP) is 3.49. The van der Waals surface area contributed by atoms with Gasteiger partial charge >= 0.3 is 0 Å². The molecule has 31 heavy (non-hydrogen) atoms. The number of hydrogen-bond acceptors (Lipinski definition) is 5. The molecule has 2 aromatic rings. The molecule has 1 aliphatic rings. The first-order valence-corrected chi connectivity index (χ1v) is 9.99. The normalized spacial score (nSPS) is 14.5. The SMILES string of the molecule is C=C(CCNC(=O)[C@H]1COc2cc(Cl)ccc2O1)NC(=O)COc1ccc(Cl)c(F)c1. The van der Waals surface area contributed by atoms with E-state index in [2.05, 4.69) is 17.2 Å². The lowest BCUT2D eigenvalue weighted by molar-refractivity contribution is -0.130. The quantitative estimate of drug-likeness (QED) is 0.619. The highest BCUT2D eigenvalue weighted by Gasteiger charge is 2.27. The van der Waals surface area contributed by atoms with Gasteiger partial charge in [0, 0.05) is 35.8 Å². The van der Waals surface area contributed by atoms with E-state index in [1.807, 2.05) is 0 Å². The summed E-state index contributed by atoms with van der Waals surface area (Å²) in [6, 6.07) is 8.77. The molecule has 0 unspecified atom stereocenters. The van der Waals surface area contributed by atoms with Crippen LogP contribution in [0.3, 0.4) is 0 Å². The van der Waals surface area contributed by atoms with Crippen LogP contribution in [0.2, 0.25) is 10.0 Å². The summed E-state index contributed by atoms with van der Waals surface area (Å²) in [5, 5.41) is 5.72. The average molecular weight is 469 g/mol. The third-order valence-corrected chi connectivity index (χ3v) is 4.70. The van der Waals surface area contributed by atoms with Gasteiger partial charge in [0.1, 0.15) is 18.2 Å². The van der Waals surface area contributed by atoms with E-state index in [0.717, 1.165) is 6.07 Å². The first kappa shape index (κ1) is 22.7. The predicted molar refractivity (Wildman–Crippen MR) is 113 cm³/mol. The number of carbonyl (C=O) groups is 2. The molecule has 0 aromatic heterocycles. The Bertz CT molecular complexity index is 1000. The molecule has 0 radical (unpaired) electrons. The summed E-state index contributed by atoms with van der Waals surface area (Å²) < 4.78 is 29.7. The van der Waals surface area contributed by atoms with Crippen molar-refractivity contribution >= 4 is 35.0 Å². The monoisotopic (exact) mass is 468 g/mol. The van der Waals surface area contributed by atoms with Gasteiger partial charge in [-0.15, -0.1) is 0 Å². The van der Waals surface area contributed by atoms with Crippen LogP contribution in [0.15, 0.2) is 48.7 Å². The second-order valence-electron chi connectivity index (χ2n) is 6.57. The van der Waals surface area contributed by atoms with Crippen molar-refractivity contribution in [2.24, 2.45) is 0 Å². The van der Waals surface area contributed by atoms with Crippen molar-refractivity contribution < 1.29 is 28.2 Å². The van der Waals surface area contributed by atoms with E-state index in [4.69, 9.17) is 37.4 Å². The third kappa shape index (κ3) is 6.50. The van der Waals surface area contributed by atoms with E-state index in [-0.39, 0.29) is 36.4 Å². The topological polar surface area (TPSA) is 85.9 Å². The van der Waals surface area contributed by atoms with Crippen LogP contribution in [-0.4, -0.2) is 37.7 Å². The molecule has 0 saturated heterocycles. The maximum absolute atomic E-state index is 13.4. The summed E-state index contributed by atoms with van der Waals surface area (Å²) in [6.07, 6.45) is -0.503. The first-order chi connectivity index (χ1) is 14.8. The van der Waals surface area contributed by atoms with Crippen LogP contribution in [0.5, 0.6) is 17.2 Å². The number of hydrogen-bond donors (Lipinski definition) is 2. The Morgan fingerprint density at radius 3 is 2.77 bits per heavy atom. The first-order valence-electron chi connectivity index (χ1n) is 9.24. The minimum Gasteiger partial charge on any atom is -0.485 e. The van der Waals surface area contributed by atoms with E-state index in [1.54, 1.807) is 18.2 Å². The molecule has 2 aromatic carbocycles. The van der Waals surface area contributed by atoms with Crippen LogP contribution >= 0.6 is 23.2 Å². The maximum Gasteiger partial charge on any atom is 0.264 e. The van der Waals surface area contributed by atoms with Crippen molar-refractivity contribution in [1.29, 1.82) is 0 Å². The minimum absolute atomic E-state index is 0.0361. The molecule has 2 N–H and O–H groups in total. The van der Waals surface area contributed by atoms with Gasteiger partial charge < -0.3 is 24.8 Å². The molecule has 0 fully saturated rings. The number of fused-ring (bicyclic) bond motifs is 1. The van der Waals surface area contributed by atoms with Crippen molar-refractivity contribution in [1.82, 2.24) is 10.6 Å². The fourth-order valence-electron chi connectivity index (χ4n) is 2.64. The highest BCUT2D eigenvalue weighted by Crippen LogP contribution is 2.34. The summed E-state index contributed by atoms with van der Waals surface area (Å²) in [4.78, 5) is 24.2. The van der Waals surface area contributed by atoms with Gasteiger partial charge in [0.05, 0.1) is 5.02 Å². The molecule has 10 heteroatoms. The molecular weight excluding hydrogens is 450 g/mol. The van der Waals surface area contributed by atoms with Crippen molar-refractivity contribution in [2.45, 2.75) is 12.5 Å². The van der Waals surface area contributed by atoms with Crippen molar-refractivity contribution in [2.75, 3.05) is 19.8 Å². The van der Waals surface area contributed by atoms with E-state index < -0.39 is 17.8 Å². The molecule has 164 valence electrons. The number of carbonyl (C=O) groups excluding carboxylic acids is 2. The smallest absolute Gasteiger partial charge is 0.264 e. The lowest BCUT2D eigenvalue weighted by Crippen LogP contribution is -2.44. The van der Waals surface area contributed by atoms with Gasteiger partial charge in [-0.3, -0.25) is 9.59 Å². The number of rotatable bonds is 8. The van der Waals surface area contributed by atoms with E-state index in [9.17, 15) is 14.0 Å². The summed E-state index contributed by atoms with van der Waals surface area (Å²) in [6.45, 7) is 3.69. The number of nitrogens with one attached hydrogen (secondary N) is 2. The number of benzene rings is 2. The molecule has 1 atom stereocenters. The zero-order chi connectivity index (χ0) is 22.4. The van der Waals surface area contributed by atoms with Crippen LogP contribution in [0.1, 0.15) is 6.42 Å². The Hall–Kier alpha value is -2.97. The lowest BCUT2D eigenvalue weighted by Gasteiger charge is -2.25. The zero-order valence-corrected chi connectivity index (χ0v) is 17.8. The fourth-order valence-corrected chi connectivity index (χ4v) is 2.92. The zero-order valence-electron chi connectivity index (χ0n) is 16.3. The fraction of sp³-hybridized carbons (Fsp3) is 0.238. The summed E-state index contributed by atoms with van der Waals surface area (Å²) in [7, 11) is 0. The van der Waals surface area contributed by atoms with Gasteiger partial charge in [0.15, 0.2) is 18.1 Å². The average Bonchev–Trinajstić information content (AvgIpc) is 2.74. The van der Waals surface area contributed by atoms with Crippen LogP contribution in [0.4, 0.5) is 4.39 Å². The van der Waals surface area contributed by atoms with Crippen LogP contribution < -0.4 is 24.8 Å². The summed E-state index contributed by atoms with van der Waals surface area (Å²) in [5.74, 6) is -0.365. The molecule has 1 heterocycles. The van der Waals surface area contributed by atoms with Crippen molar-refractivity contribution in [3.63, 3.8) is 0 Å². The number of amides is 2. The number of ether oxygens (including phenoxy) is 3. The summed E-state index contributed by atoms with van der Waals surface area (Å²) in [5.41, 5.74) is 0.386. The van der Waals surface area contributed by atoms with Crippen LogP contribution in [-0.2, 0) is 9.59 Å². The van der Waals surface area contributed by atoms with Gasteiger partial charge in [-0.05, 0) is 24.3 Å². The largest absolute Gasteiger partial charge is 0.485 e. The molecule has 0 bridgehead atoms. The Morgan fingerprint density at radius 2 is 2.00 bits per heavy atom. The molecule has 2 amide bonds. The molecule has 3 rings (SSSR count). The van der Waals surface area contributed by atoms with Crippen molar-refractivity contribution in [3.8, 4) is 17.2 Å². The molecular formula is C21H19Cl2FN2O5. The second kappa shape index (κ2) is 10.4. The minimum atomic E-state index is -0.801. The Morgan fingerprint density at radius 1 is 1.19 bits per heavy atom. The molecule has 1 aliphatic heterocycles. The van der Waals surface area contributed by atoms with Gasteiger partial charge in [0.25, 0.3) is 11.8 Å². The molecule has 7 nitrogen and oxygen atoms in total. The third-order valence-electron chi connectivity index (χ3n) is 4.16. The van der Waals surface area contributed by atoms with Crippen LogP contribution in [0, 0.1) is 5.82 Å². The van der Waals surface area contributed by atoms with E-state index in [1.165, 1.54) is 12.1 Å². The number of halogens is 3. The van der Waals surface area contributed by atoms with E-state index >= 15 is 0 Å². The molecule has 0 saturated carbocycles. The van der Waals surface area contributed by atoms with Gasteiger partial charge in [0.2, 0.25) is 6.10 Å². The van der Waals surface area contributed by atoms with Gasteiger partial charge in [-0.25, -0.2) is 4.39 Å². The highest BCUT2D eigenvalue weighted by molar-refractivity contribution is 6.31. The van der Waals surface area contributed by atoms with Gasteiger partial charge in [-0.1, -0.05) is 29.8 Å². The van der Waals surface area contributed by atoms with E-state index in [0.29, 0.717) is 28.6 Å². The van der Waals surface area contributed by atoms with Gasteiger partial charge in [-0.2, -0.15) is 0 Å². The Kier molecular flexibility index (Phi) is 7.59. The second-order valence-corrected chi connectivity index (χ2v) is 7.41. The standard InChI is InChI=1S/C21H19Cl2FN2O5/c1-12(26-20(27)11-29-14-3-4-15(23)16(24)9-14)6-7-25-21(28)19-10-30-18-8-13(22)2-5-17(18)31-19/h2-5,8-9,19H,1,6-7,10-11H2,(H,25,28)(H,26,27)/t19-/m1/s1. The molecule has 0 aliphatic carbocycles. The van der Waals surface area contributed by atoms with Crippen LogP contribution in [0.25, 0.3) is 0 Å².